The van der Waals surface area contributed by atoms with Crippen molar-refractivity contribution in [3.8, 4) is 0 Å². The fourth-order valence-corrected chi connectivity index (χ4v) is 2.27. The molecule has 4 heteroatoms. The van der Waals surface area contributed by atoms with Crippen molar-refractivity contribution in [2.24, 2.45) is 0 Å². The Morgan fingerprint density at radius 1 is 1.23 bits per heavy atom. The Kier molecular flexibility index (Phi) is 5.67. The molecule has 0 aliphatic carbocycles. The van der Waals surface area contributed by atoms with Gasteiger partial charge in [0.05, 0.1) is 12.5 Å². The molecule has 0 saturated heterocycles. The number of rotatable bonds is 6. The Bertz CT molecular complexity index is 625. The Balaban J connectivity index is 1.76. The van der Waals surface area contributed by atoms with E-state index in [4.69, 9.17) is 0 Å². The first-order valence-corrected chi connectivity index (χ1v) is 7.30. The molecule has 1 atom stereocenters. The van der Waals surface area contributed by atoms with Gasteiger partial charge in [0, 0.05) is 6.54 Å². The lowest BCUT2D eigenvalue weighted by Crippen LogP contribution is -2.27. The molecule has 0 saturated carbocycles. The third-order valence-corrected chi connectivity index (χ3v) is 3.44. The lowest BCUT2D eigenvalue weighted by molar-refractivity contribution is -0.120. The van der Waals surface area contributed by atoms with Crippen LogP contribution in [-0.4, -0.2) is 17.6 Å². The van der Waals surface area contributed by atoms with Crippen LogP contribution in [0.25, 0.3) is 0 Å². The molecular formula is C18H20FNO2. The van der Waals surface area contributed by atoms with Crippen molar-refractivity contribution in [1.29, 1.82) is 0 Å². The van der Waals surface area contributed by atoms with Gasteiger partial charge < -0.3 is 10.4 Å². The minimum absolute atomic E-state index is 0.0723. The van der Waals surface area contributed by atoms with E-state index in [1.165, 1.54) is 12.1 Å². The number of carbonyl (C=O) groups is 1. The normalized spacial score (nSPS) is 12.0. The second-order valence-electron chi connectivity index (χ2n) is 5.37. The van der Waals surface area contributed by atoms with E-state index in [9.17, 15) is 14.3 Å². The first kappa shape index (κ1) is 16.2. The van der Waals surface area contributed by atoms with Gasteiger partial charge in [-0.25, -0.2) is 4.39 Å². The molecule has 116 valence electrons. The fourth-order valence-electron chi connectivity index (χ4n) is 2.27. The minimum Gasteiger partial charge on any atom is -0.388 e. The molecule has 1 amide bonds. The Morgan fingerprint density at radius 3 is 2.64 bits per heavy atom. The predicted octanol–water partition coefficient (Wildman–Crippen LogP) is 2.92. The van der Waals surface area contributed by atoms with Gasteiger partial charge in [-0.15, -0.1) is 0 Å². The molecule has 2 N–H and O–H groups in total. The largest absolute Gasteiger partial charge is 0.388 e. The first-order valence-electron chi connectivity index (χ1n) is 7.30. The molecule has 0 aliphatic heterocycles. The number of halogens is 1. The summed E-state index contributed by atoms with van der Waals surface area (Å²) in [4.78, 5) is 11.8. The molecule has 0 aromatic heterocycles. The predicted molar refractivity (Wildman–Crippen MR) is 83.9 cm³/mol. The molecule has 22 heavy (non-hydrogen) atoms. The lowest BCUT2D eigenvalue weighted by Gasteiger charge is -2.12. The molecule has 0 aliphatic rings. The van der Waals surface area contributed by atoms with Gasteiger partial charge in [0.15, 0.2) is 0 Å². The zero-order valence-corrected chi connectivity index (χ0v) is 12.6. The van der Waals surface area contributed by atoms with Gasteiger partial charge in [-0.1, -0.05) is 42.0 Å². The third kappa shape index (κ3) is 4.97. The number of amides is 1. The Labute approximate surface area is 129 Å². The Morgan fingerprint density at radius 2 is 1.95 bits per heavy atom. The lowest BCUT2D eigenvalue weighted by atomic mass is 10.1. The van der Waals surface area contributed by atoms with Crippen molar-refractivity contribution >= 4 is 5.91 Å². The van der Waals surface area contributed by atoms with Crippen molar-refractivity contribution in [1.82, 2.24) is 5.32 Å². The van der Waals surface area contributed by atoms with Crippen LogP contribution in [0, 0.1) is 12.7 Å². The zero-order valence-electron chi connectivity index (χ0n) is 12.6. The monoisotopic (exact) mass is 301 g/mol. The topological polar surface area (TPSA) is 49.3 Å². The summed E-state index contributed by atoms with van der Waals surface area (Å²) in [6, 6.07) is 13.5. The number of hydrogen-bond donors (Lipinski definition) is 2. The Hall–Kier alpha value is -2.20. The number of aryl methyl sites for hydroxylation is 1. The standard InChI is InChI=1S/C18H20FNO2/c1-13-3-2-4-14(11-13)12-18(22)20-10-9-17(21)15-5-7-16(19)8-6-15/h2-8,11,17,21H,9-10,12H2,1H3,(H,20,22). The van der Waals surface area contributed by atoms with Crippen molar-refractivity contribution in [3.63, 3.8) is 0 Å². The fraction of sp³-hybridized carbons (Fsp3) is 0.278. The van der Waals surface area contributed by atoms with E-state index in [1.54, 1.807) is 12.1 Å². The summed E-state index contributed by atoms with van der Waals surface area (Å²) in [6.45, 7) is 2.36. The van der Waals surface area contributed by atoms with Gasteiger partial charge in [-0.3, -0.25) is 4.79 Å². The number of carbonyl (C=O) groups excluding carboxylic acids is 1. The maximum absolute atomic E-state index is 12.8. The van der Waals surface area contributed by atoms with Crippen LogP contribution in [0.1, 0.15) is 29.2 Å². The molecular weight excluding hydrogens is 281 g/mol. The molecule has 0 bridgehead atoms. The van der Waals surface area contributed by atoms with Gasteiger partial charge in [-0.2, -0.15) is 0 Å². The van der Waals surface area contributed by atoms with Gasteiger partial charge in [0.1, 0.15) is 5.82 Å². The van der Waals surface area contributed by atoms with Gasteiger partial charge in [0.2, 0.25) is 5.91 Å². The van der Waals surface area contributed by atoms with E-state index >= 15 is 0 Å². The van der Waals surface area contributed by atoms with Crippen LogP contribution >= 0.6 is 0 Å². The van der Waals surface area contributed by atoms with Crippen LogP contribution in [0.2, 0.25) is 0 Å². The van der Waals surface area contributed by atoms with E-state index in [2.05, 4.69) is 5.32 Å². The molecule has 1 unspecified atom stereocenters. The second-order valence-corrected chi connectivity index (χ2v) is 5.37. The van der Waals surface area contributed by atoms with E-state index in [-0.39, 0.29) is 11.7 Å². The summed E-state index contributed by atoms with van der Waals surface area (Å²) in [5.74, 6) is -0.403. The highest BCUT2D eigenvalue weighted by molar-refractivity contribution is 5.78. The second kappa shape index (κ2) is 7.71. The average molecular weight is 301 g/mol. The van der Waals surface area contributed by atoms with Crippen LogP contribution in [-0.2, 0) is 11.2 Å². The number of aliphatic hydroxyl groups is 1. The van der Waals surface area contributed by atoms with Crippen molar-refractivity contribution in [2.45, 2.75) is 25.9 Å². The molecule has 0 heterocycles. The highest BCUT2D eigenvalue weighted by atomic mass is 19.1. The minimum atomic E-state index is -0.708. The number of benzene rings is 2. The molecule has 2 aromatic carbocycles. The molecule has 2 aromatic rings. The SMILES string of the molecule is Cc1cccc(CC(=O)NCCC(O)c2ccc(F)cc2)c1. The number of hydrogen-bond acceptors (Lipinski definition) is 2. The van der Waals surface area contributed by atoms with Gasteiger partial charge >= 0.3 is 0 Å². The maximum Gasteiger partial charge on any atom is 0.224 e. The number of aliphatic hydroxyl groups excluding tert-OH is 1. The number of nitrogens with one attached hydrogen (secondary N) is 1. The van der Waals surface area contributed by atoms with Crippen LogP contribution in [0.4, 0.5) is 4.39 Å². The average Bonchev–Trinajstić information content (AvgIpc) is 2.47. The van der Waals surface area contributed by atoms with E-state index in [0.29, 0.717) is 24.9 Å². The van der Waals surface area contributed by atoms with Gasteiger partial charge in [-0.05, 0) is 36.6 Å². The van der Waals surface area contributed by atoms with Crippen molar-refractivity contribution in [3.05, 3.63) is 71.0 Å². The van der Waals surface area contributed by atoms with Crippen LogP contribution in [0.3, 0.4) is 0 Å². The van der Waals surface area contributed by atoms with E-state index in [0.717, 1.165) is 11.1 Å². The zero-order chi connectivity index (χ0) is 15.9. The van der Waals surface area contributed by atoms with Crippen molar-refractivity contribution < 1.29 is 14.3 Å². The van der Waals surface area contributed by atoms with Crippen molar-refractivity contribution in [2.75, 3.05) is 6.54 Å². The quantitative estimate of drug-likeness (QED) is 0.862. The highest BCUT2D eigenvalue weighted by Gasteiger charge is 2.09. The van der Waals surface area contributed by atoms with Crippen LogP contribution in [0.15, 0.2) is 48.5 Å². The van der Waals surface area contributed by atoms with Crippen LogP contribution in [0.5, 0.6) is 0 Å². The molecule has 0 spiro atoms. The van der Waals surface area contributed by atoms with E-state index < -0.39 is 6.10 Å². The van der Waals surface area contributed by atoms with Gasteiger partial charge in [0.25, 0.3) is 0 Å². The summed E-state index contributed by atoms with van der Waals surface area (Å²) < 4.78 is 12.8. The molecule has 2 rings (SSSR count). The summed E-state index contributed by atoms with van der Waals surface area (Å²) in [5, 5.41) is 12.8. The highest BCUT2D eigenvalue weighted by Crippen LogP contribution is 2.16. The maximum atomic E-state index is 12.8. The molecule has 0 fully saturated rings. The molecule has 3 nitrogen and oxygen atoms in total. The summed E-state index contributed by atoms with van der Waals surface area (Å²) in [7, 11) is 0. The first-order chi connectivity index (χ1) is 10.5. The van der Waals surface area contributed by atoms with Crippen LogP contribution < -0.4 is 5.32 Å². The summed E-state index contributed by atoms with van der Waals surface area (Å²) >= 11 is 0. The molecule has 0 radical (unpaired) electrons. The smallest absolute Gasteiger partial charge is 0.224 e. The van der Waals surface area contributed by atoms with E-state index in [1.807, 2.05) is 31.2 Å². The summed E-state index contributed by atoms with van der Waals surface area (Å²) in [5.41, 5.74) is 2.74. The summed E-state index contributed by atoms with van der Waals surface area (Å²) in [6.07, 6.45) is 0.0133. The third-order valence-electron chi connectivity index (χ3n) is 3.44.